The van der Waals surface area contributed by atoms with Gasteiger partial charge in [0.1, 0.15) is 5.69 Å². The van der Waals surface area contributed by atoms with Gasteiger partial charge in [-0.1, -0.05) is 34.6 Å². The van der Waals surface area contributed by atoms with Gasteiger partial charge in [-0.3, -0.25) is 34.3 Å². The summed E-state index contributed by atoms with van der Waals surface area (Å²) in [5, 5.41) is 7.40. The van der Waals surface area contributed by atoms with E-state index in [0.717, 1.165) is 27.9 Å². The molecule has 0 aliphatic carbocycles. The predicted molar refractivity (Wildman–Crippen MR) is 185 cm³/mol. The van der Waals surface area contributed by atoms with E-state index in [1.165, 1.54) is 35.0 Å². The van der Waals surface area contributed by atoms with Crippen molar-refractivity contribution in [3.05, 3.63) is 49.9 Å². The van der Waals surface area contributed by atoms with Crippen LogP contribution in [0.15, 0.2) is 22.7 Å². The Labute approximate surface area is 301 Å². The van der Waals surface area contributed by atoms with Gasteiger partial charge < -0.3 is 14.5 Å². The van der Waals surface area contributed by atoms with Crippen LogP contribution in [-0.4, -0.2) is 109 Å². The summed E-state index contributed by atoms with van der Waals surface area (Å²) >= 11 is 8.89. The lowest BCUT2D eigenvalue weighted by atomic mass is 9.90. The number of hydrogen-bond donors (Lipinski definition) is 1. The number of hydrazine groups is 1. The minimum Gasteiger partial charge on any atom is -0.381 e. The molecule has 6 rings (SSSR count). The van der Waals surface area contributed by atoms with E-state index in [0.29, 0.717) is 18.2 Å². The van der Waals surface area contributed by atoms with Crippen LogP contribution in [0, 0.1) is 26.7 Å². The lowest BCUT2D eigenvalue weighted by molar-refractivity contribution is -0.156. The van der Waals surface area contributed by atoms with Gasteiger partial charge in [-0.15, -0.1) is 11.3 Å². The summed E-state index contributed by atoms with van der Waals surface area (Å²) < 4.78 is 5.40. The fourth-order valence-corrected chi connectivity index (χ4v) is 9.22. The molecule has 1 unspecified atom stereocenters. The van der Waals surface area contributed by atoms with Crippen LogP contribution in [0.25, 0.3) is 0 Å². The first-order valence-electron chi connectivity index (χ1n) is 16.1. The molecular formula is C33H37ClN6O8S2. The first-order valence-corrected chi connectivity index (χ1v) is 18.3. The summed E-state index contributed by atoms with van der Waals surface area (Å²) in [5.41, 5.74) is 3.44. The number of ether oxygens (including phenoxy) is 1. The van der Waals surface area contributed by atoms with E-state index in [9.17, 15) is 28.8 Å². The van der Waals surface area contributed by atoms with Gasteiger partial charge in [-0.2, -0.15) is 0 Å². The number of carbonyl (C=O) groups is 6. The fraction of sp³-hybridized carbons (Fsp3) is 0.515. The number of thiazole rings is 1. The number of benzene rings is 1. The Morgan fingerprint density at radius 2 is 1.82 bits per heavy atom. The van der Waals surface area contributed by atoms with E-state index >= 15 is 0 Å². The molecule has 1 aromatic carbocycles. The number of amides is 4. The van der Waals surface area contributed by atoms with Crippen molar-refractivity contribution in [3.63, 3.8) is 0 Å². The summed E-state index contributed by atoms with van der Waals surface area (Å²) in [6.45, 7) is 9.00. The highest BCUT2D eigenvalue weighted by Gasteiger charge is 2.64. The van der Waals surface area contributed by atoms with Crippen LogP contribution in [0.4, 0.5) is 4.79 Å². The third-order valence-corrected chi connectivity index (χ3v) is 13.0. The standard InChI is InChI=1S/C33H37ClN6O8S2/c1-17-6-7-22(26(34)18(17)2)28(44)36-40-11-10-39(31(40)46)33(20(4)42)16-38-29(45)23(30(38)50-33)14-25(43)27(24-15-49-21(5)35-24)37-48-32(19(3)41)8-12-47-13-9-32/h6-7,15,23,30H,8-14,16H2,1-5H3,(H,36,44)/b37-27-/t23-,30?,33-/m1/s1. The molecule has 5 heterocycles. The van der Waals surface area contributed by atoms with Gasteiger partial charge in [-0.25, -0.2) is 14.8 Å². The molecule has 14 nitrogen and oxygen atoms in total. The zero-order valence-corrected chi connectivity index (χ0v) is 30.6. The average molecular weight is 745 g/mol. The van der Waals surface area contributed by atoms with E-state index < -0.39 is 39.5 Å². The number of halogens is 1. The molecule has 4 amide bonds. The molecule has 1 N–H and O–H groups in total. The normalized spacial score (nSPS) is 24.6. The maximum atomic E-state index is 13.8. The van der Waals surface area contributed by atoms with Crippen LogP contribution in [0.3, 0.4) is 0 Å². The molecular weight excluding hydrogens is 708 g/mol. The number of aryl methyl sites for hydroxylation is 2. The van der Waals surface area contributed by atoms with Gasteiger partial charge in [-0.05, 0) is 51.8 Å². The molecule has 50 heavy (non-hydrogen) atoms. The highest BCUT2D eigenvalue weighted by atomic mass is 35.5. The molecule has 4 aliphatic heterocycles. The van der Waals surface area contributed by atoms with Crippen molar-refractivity contribution in [1.29, 1.82) is 0 Å². The van der Waals surface area contributed by atoms with Crippen molar-refractivity contribution in [1.82, 2.24) is 25.2 Å². The Bertz CT molecular complexity index is 1830. The van der Waals surface area contributed by atoms with Crippen LogP contribution in [0.5, 0.6) is 0 Å². The number of thioether (sulfide) groups is 1. The molecule has 3 atom stereocenters. The van der Waals surface area contributed by atoms with Crippen LogP contribution in [0.1, 0.15) is 65.3 Å². The molecule has 4 aliphatic rings. The molecule has 1 aromatic heterocycles. The van der Waals surface area contributed by atoms with Gasteiger partial charge in [0.05, 0.1) is 53.2 Å². The van der Waals surface area contributed by atoms with E-state index in [1.54, 1.807) is 31.4 Å². The molecule has 4 saturated heterocycles. The van der Waals surface area contributed by atoms with Gasteiger partial charge >= 0.3 is 6.03 Å². The summed E-state index contributed by atoms with van der Waals surface area (Å²) in [6.07, 6.45) is 0.310. The molecule has 4 fully saturated rings. The molecule has 2 aromatic rings. The number of ketones is 3. The number of fused-ring (bicyclic) bond motifs is 1. The third-order valence-electron chi connectivity index (χ3n) is 9.87. The molecule has 17 heteroatoms. The molecule has 0 radical (unpaired) electrons. The second-order valence-electron chi connectivity index (χ2n) is 12.9. The Hall–Kier alpha value is -3.86. The van der Waals surface area contributed by atoms with Crippen LogP contribution in [0.2, 0.25) is 5.02 Å². The fourth-order valence-electron chi connectivity index (χ4n) is 6.56. The zero-order chi connectivity index (χ0) is 36.1. The number of aromatic nitrogens is 1. The molecule has 0 spiro atoms. The van der Waals surface area contributed by atoms with Gasteiger partial charge in [0.25, 0.3) is 5.91 Å². The lowest BCUT2D eigenvalue weighted by Crippen LogP contribution is -2.59. The largest absolute Gasteiger partial charge is 0.381 e. The van der Waals surface area contributed by atoms with Crippen molar-refractivity contribution in [2.24, 2.45) is 11.1 Å². The number of Topliss-reactive ketones (excluding diaryl/α,β-unsaturated/α-hetero) is 3. The topological polar surface area (TPSA) is 168 Å². The highest BCUT2D eigenvalue weighted by Crippen LogP contribution is 2.53. The number of oxime groups is 1. The quantitative estimate of drug-likeness (QED) is 0.205. The summed E-state index contributed by atoms with van der Waals surface area (Å²) in [7, 11) is 0. The SMILES string of the molecule is CC(=O)C1(O/N=C(\C(=O)C[C@@H]2C(=O)N3C[C@@](C(C)=O)(N4CCN(NC(=O)c5ccc(C)c(C)c5Cl)C4=O)SC23)c2csc(C)n2)CCOCC1. The van der Waals surface area contributed by atoms with E-state index in [2.05, 4.69) is 15.6 Å². The highest BCUT2D eigenvalue weighted by molar-refractivity contribution is 8.02. The van der Waals surface area contributed by atoms with E-state index in [4.69, 9.17) is 21.2 Å². The number of β-lactam (4-membered cyclic amide) rings is 1. The lowest BCUT2D eigenvalue weighted by Gasteiger charge is -2.41. The van der Waals surface area contributed by atoms with E-state index in [-0.39, 0.29) is 78.4 Å². The predicted octanol–water partition coefficient (Wildman–Crippen LogP) is 3.44. The molecule has 266 valence electrons. The first-order chi connectivity index (χ1) is 23.7. The number of nitrogens with zero attached hydrogens (tertiary/aromatic N) is 5. The summed E-state index contributed by atoms with van der Waals surface area (Å²) in [4.78, 5) is 91.7. The van der Waals surface area contributed by atoms with Gasteiger partial charge in [0.2, 0.25) is 5.91 Å². The van der Waals surface area contributed by atoms with Gasteiger partial charge in [0, 0.05) is 31.2 Å². The number of carbonyl (C=O) groups excluding carboxylic acids is 6. The zero-order valence-electron chi connectivity index (χ0n) is 28.2. The number of nitrogens with one attached hydrogen (secondary N) is 1. The monoisotopic (exact) mass is 744 g/mol. The van der Waals surface area contributed by atoms with Crippen molar-refractivity contribution >= 4 is 75.6 Å². The molecule has 0 saturated carbocycles. The van der Waals surface area contributed by atoms with Crippen molar-refractivity contribution < 1.29 is 38.3 Å². The molecule has 0 bridgehead atoms. The third kappa shape index (κ3) is 6.20. The minimum absolute atomic E-state index is 0.0593. The smallest absolute Gasteiger partial charge is 0.340 e. The van der Waals surface area contributed by atoms with Crippen molar-refractivity contribution in [3.8, 4) is 0 Å². The van der Waals surface area contributed by atoms with Crippen molar-refractivity contribution in [2.75, 3.05) is 32.8 Å². The van der Waals surface area contributed by atoms with Crippen molar-refractivity contribution in [2.45, 2.75) is 69.7 Å². The Morgan fingerprint density at radius 3 is 2.46 bits per heavy atom. The Balaban J connectivity index is 1.18. The second kappa shape index (κ2) is 13.7. The first kappa shape index (κ1) is 35.9. The van der Waals surface area contributed by atoms with Gasteiger partial charge in [0.15, 0.2) is 33.5 Å². The van der Waals surface area contributed by atoms with Crippen LogP contribution in [-0.2, 0) is 28.8 Å². The van der Waals surface area contributed by atoms with Crippen LogP contribution < -0.4 is 5.43 Å². The second-order valence-corrected chi connectivity index (χ2v) is 15.7. The maximum absolute atomic E-state index is 13.8. The van der Waals surface area contributed by atoms with E-state index in [1.807, 2.05) is 6.92 Å². The average Bonchev–Trinajstić information content (AvgIpc) is 3.79. The number of rotatable bonds is 11. The Kier molecular flexibility index (Phi) is 9.85. The maximum Gasteiger partial charge on any atom is 0.340 e. The van der Waals surface area contributed by atoms with Crippen LogP contribution >= 0.6 is 34.7 Å². The summed E-state index contributed by atoms with van der Waals surface area (Å²) in [6, 6.07) is 2.76. The summed E-state index contributed by atoms with van der Waals surface area (Å²) in [5.74, 6) is -2.78. The number of hydrogen-bond acceptors (Lipinski definition) is 12. The minimum atomic E-state index is -1.42. The Morgan fingerprint density at radius 1 is 1.10 bits per heavy atom. The number of urea groups is 1.